The molecule has 3 heterocycles. The summed E-state index contributed by atoms with van der Waals surface area (Å²) in [4.78, 5) is 14.1. The highest BCUT2D eigenvalue weighted by Crippen LogP contribution is 2.17. The van der Waals surface area contributed by atoms with Crippen LogP contribution in [0.15, 0.2) is 0 Å². The van der Waals surface area contributed by atoms with E-state index in [4.69, 9.17) is 4.74 Å². The molecule has 0 radical (unpaired) electrons. The molecular formula is C18H31N5O2. The first kappa shape index (κ1) is 18.2. The van der Waals surface area contributed by atoms with Gasteiger partial charge in [0.1, 0.15) is 17.2 Å². The van der Waals surface area contributed by atoms with Crippen LogP contribution in [0.5, 0.6) is 0 Å². The van der Waals surface area contributed by atoms with Crippen LogP contribution in [0.3, 0.4) is 0 Å². The zero-order chi connectivity index (χ0) is 17.9. The summed E-state index contributed by atoms with van der Waals surface area (Å²) in [6.45, 7) is 8.90. The fourth-order valence-electron chi connectivity index (χ4n) is 3.55. The molecule has 1 fully saturated rings. The number of rotatable bonds is 3. The van der Waals surface area contributed by atoms with E-state index < -0.39 is 5.60 Å². The normalized spacial score (nSPS) is 21.6. The number of hydrogen-bond donors (Lipinski definition) is 1. The average Bonchev–Trinajstić information content (AvgIpc) is 2.78. The van der Waals surface area contributed by atoms with E-state index in [1.165, 1.54) is 19.3 Å². The molecule has 0 aliphatic carbocycles. The van der Waals surface area contributed by atoms with Gasteiger partial charge in [0, 0.05) is 32.1 Å². The molecule has 0 aromatic carbocycles. The number of carbonyl (C=O) groups is 1. The first-order valence-electron chi connectivity index (χ1n) is 9.54. The monoisotopic (exact) mass is 349 g/mol. The van der Waals surface area contributed by atoms with Crippen LogP contribution in [-0.2, 0) is 24.2 Å². The Labute approximate surface area is 150 Å². The third kappa shape index (κ3) is 4.93. The van der Waals surface area contributed by atoms with Gasteiger partial charge in [-0.25, -0.2) is 4.79 Å². The maximum atomic E-state index is 12.3. The van der Waals surface area contributed by atoms with Crippen molar-refractivity contribution < 1.29 is 9.53 Å². The van der Waals surface area contributed by atoms with E-state index in [-0.39, 0.29) is 12.1 Å². The number of nitrogens with zero attached hydrogens (tertiary/aromatic N) is 4. The number of aryl methyl sites for hydroxylation is 1. The Balaban J connectivity index is 1.53. The Hall–Kier alpha value is -1.63. The van der Waals surface area contributed by atoms with Gasteiger partial charge in [0.25, 0.3) is 0 Å². The first-order chi connectivity index (χ1) is 11.9. The van der Waals surface area contributed by atoms with Gasteiger partial charge in [-0.15, -0.1) is 10.2 Å². The van der Waals surface area contributed by atoms with Crippen LogP contribution in [0.1, 0.15) is 64.5 Å². The lowest BCUT2D eigenvalue weighted by molar-refractivity contribution is 0.0187. The molecule has 25 heavy (non-hydrogen) atoms. The van der Waals surface area contributed by atoms with Gasteiger partial charge in [-0.05, 0) is 46.5 Å². The lowest BCUT2D eigenvalue weighted by atomic mass is 10.1. The SMILES string of the molecule is CC(C)(C)OC(=O)N1CCC[C@@H](NCc2nnc3n2CCCCC3)C1. The molecule has 1 N–H and O–H groups in total. The standard InChI is InChI=1S/C18H31N5O2/c1-18(2,3)25-17(24)22-10-7-8-14(13-22)19-12-16-21-20-15-9-5-4-6-11-23(15)16/h14,19H,4-13H2,1-3H3/t14-/m1/s1. The first-order valence-corrected chi connectivity index (χ1v) is 9.54. The van der Waals surface area contributed by atoms with Crippen LogP contribution >= 0.6 is 0 Å². The zero-order valence-electron chi connectivity index (χ0n) is 15.8. The fraction of sp³-hybridized carbons (Fsp3) is 0.833. The van der Waals surface area contributed by atoms with Gasteiger partial charge in [0.2, 0.25) is 0 Å². The Bertz CT molecular complexity index is 593. The number of aromatic nitrogens is 3. The largest absolute Gasteiger partial charge is 0.444 e. The van der Waals surface area contributed by atoms with Crippen LogP contribution in [0.2, 0.25) is 0 Å². The Morgan fingerprint density at radius 3 is 2.84 bits per heavy atom. The van der Waals surface area contributed by atoms with Gasteiger partial charge < -0.3 is 19.5 Å². The summed E-state index contributed by atoms with van der Waals surface area (Å²) in [5.74, 6) is 2.14. The molecule has 1 aromatic heterocycles. The summed E-state index contributed by atoms with van der Waals surface area (Å²) in [5, 5.41) is 12.3. The molecule has 1 aromatic rings. The highest BCUT2D eigenvalue weighted by Gasteiger charge is 2.27. The molecule has 1 saturated heterocycles. The van der Waals surface area contributed by atoms with Crippen molar-refractivity contribution >= 4 is 6.09 Å². The molecule has 7 heteroatoms. The minimum absolute atomic E-state index is 0.213. The van der Waals surface area contributed by atoms with Crippen LogP contribution in [0.4, 0.5) is 4.79 Å². The summed E-state index contributed by atoms with van der Waals surface area (Å²) in [6, 6.07) is 0.278. The summed E-state index contributed by atoms with van der Waals surface area (Å²) in [5.41, 5.74) is -0.448. The lowest BCUT2D eigenvalue weighted by Gasteiger charge is -2.34. The number of ether oxygens (including phenoxy) is 1. The summed E-state index contributed by atoms with van der Waals surface area (Å²) < 4.78 is 7.77. The molecule has 0 unspecified atom stereocenters. The van der Waals surface area contributed by atoms with Crippen molar-refractivity contribution in [3.63, 3.8) is 0 Å². The van der Waals surface area contributed by atoms with E-state index >= 15 is 0 Å². The Kier molecular flexibility index (Phi) is 5.61. The smallest absolute Gasteiger partial charge is 0.410 e. The third-order valence-electron chi connectivity index (χ3n) is 4.81. The molecule has 140 valence electrons. The van der Waals surface area contributed by atoms with Gasteiger partial charge >= 0.3 is 6.09 Å². The fourth-order valence-corrected chi connectivity index (χ4v) is 3.55. The average molecular weight is 349 g/mol. The highest BCUT2D eigenvalue weighted by atomic mass is 16.6. The van der Waals surface area contributed by atoms with E-state index in [0.717, 1.165) is 44.0 Å². The van der Waals surface area contributed by atoms with Crippen molar-refractivity contribution in [3.8, 4) is 0 Å². The Morgan fingerprint density at radius 2 is 2.04 bits per heavy atom. The van der Waals surface area contributed by atoms with E-state index in [9.17, 15) is 4.79 Å². The molecule has 3 rings (SSSR count). The van der Waals surface area contributed by atoms with Gasteiger partial charge in [0.05, 0.1) is 6.54 Å². The molecule has 2 aliphatic rings. The predicted molar refractivity (Wildman–Crippen MR) is 95.2 cm³/mol. The maximum Gasteiger partial charge on any atom is 0.410 e. The number of hydrogen-bond acceptors (Lipinski definition) is 5. The van der Waals surface area contributed by atoms with Crippen molar-refractivity contribution in [1.29, 1.82) is 0 Å². The van der Waals surface area contributed by atoms with Crippen LogP contribution < -0.4 is 5.32 Å². The van der Waals surface area contributed by atoms with Crippen molar-refractivity contribution in [3.05, 3.63) is 11.6 Å². The number of nitrogens with one attached hydrogen (secondary N) is 1. The van der Waals surface area contributed by atoms with Crippen molar-refractivity contribution in [2.24, 2.45) is 0 Å². The summed E-state index contributed by atoms with van der Waals surface area (Å²) in [6.07, 6.45) is 6.56. The molecule has 0 bridgehead atoms. The minimum atomic E-state index is -0.448. The van der Waals surface area contributed by atoms with Gasteiger partial charge in [-0.1, -0.05) is 6.42 Å². The number of likely N-dealkylation sites (tertiary alicyclic amines) is 1. The van der Waals surface area contributed by atoms with Gasteiger partial charge in [-0.3, -0.25) is 0 Å². The van der Waals surface area contributed by atoms with E-state index in [1.54, 1.807) is 0 Å². The molecule has 1 amide bonds. The van der Waals surface area contributed by atoms with E-state index in [1.807, 2.05) is 25.7 Å². The maximum absolute atomic E-state index is 12.3. The molecule has 2 aliphatic heterocycles. The van der Waals surface area contributed by atoms with Crippen LogP contribution in [-0.4, -0.2) is 50.5 Å². The number of piperidine rings is 1. The van der Waals surface area contributed by atoms with E-state index in [2.05, 4.69) is 20.1 Å². The molecule has 0 spiro atoms. The van der Waals surface area contributed by atoms with Crippen molar-refractivity contribution in [1.82, 2.24) is 25.0 Å². The second-order valence-corrected chi connectivity index (χ2v) is 8.14. The topological polar surface area (TPSA) is 72.3 Å². The quantitative estimate of drug-likeness (QED) is 0.908. The highest BCUT2D eigenvalue weighted by molar-refractivity contribution is 5.68. The number of amides is 1. The van der Waals surface area contributed by atoms with E-state index in [0.29, 0.717) is 13.1 Å². The number of carbonyl (C=O) groups excluding carboxylic acids is 1. The molecule has 0 saturated carbocycles. The molecular weight excluding hydrogens is 318 g/mol. The second-order valence-electron chi connectivity index (χ2n) is 8.14. The Morgan fingerprint density at radius 1 is 1.20 bits per heavy atom. The molecule has 1 atom stereocenters. The summed E-state index contributed by atoms with van der Waals surface area (Å²) >= 11 is 0. The van der Waals surface area contributed by atoms with Gasteiger partial charge in [-0.2, -0.15) is 0 Å². The second kappa shape index (κ2) is 7.72. The lowest BCUT2D eigenvalue weighted by Crippen LogP contribution is -2.49. The third-order valence-corrected chi connectivity index (χ3v) is 4.81. The van der Waals surface area contributed by atoms with Crippen LogP contribution in [0.25, 0.3) is 0 Å². The zero-order valence-corrected chi connectivity index (χ0v) is 15.8. The van der Waals surface area contributed by atoms with Crippen LogP contribution in [0, 0.1) is 0 Å². The predicted octanol–water partition coefficient (Wildman–Crippen LogP) is 2.49. The van der Waals surface area contributed by atoms with Gasteiger partial charge in [0.15, 0.2) is 0 Å². The summed E-state index contributed by atoms with van der Waals surface area (Å²) in [7, 11) is 0. The molecule has 7 nitrogen and oxygen atoms in total. The van der Waals surface area contributed by atoms with Crippen molar-refractivity contribution in [2.75, 3.05) is 13.1 Å². The minimum Gasteiger partial charge on any atom is -0.444 e. The van der Waals surface area contributed by atoms with Crippen molar-refractivity contribution in [2.45, 2.75) is 84.0 Å². The number of fused-ring (bicyclic) bond motifs is 1.